The van der Waals surface area contributed by atoms with Crippen molar-refractivity contribution in [2.24, 2.45) is 0 Å². The molecule has 1 amide bonds. The Hall–Kier alpha value is -1.36. The van der Waals surface area contributed by atoms with E-state index in [1.54, 1.807) is 18.2 Å². The lowest BCUT2D eigenvalue weighted by Crippen LogP contribution is -2.28. The summed E-state index contributed by atoms with van der Waals surface area (Å²) in [5, 5.41) is 2.26. The third-order valence-electron chi connectivity index (χ3n) is 1.34. The number of nitrogens with one attached hydrogen (secondary N) is 1. The van der Waals surface area contributed by atoms with Gasteiger partial charge in [0.1, 0.15) is 12.0 Å². The summed E-state index contributed by atoms with van der Waals surface area (Å²) in [4.78, 5) is 20.9. The molecule has 1 rings (SSSR count). The number of carbonyl (C=O) groups is 2. The van der Waals surface area contributed by atoms with Crippen LogP contribution in [0.4, 0.5) is 4.79 Å². The summed E-state index contributed by atoms with van der Waals surface area (Å²) in [6.07, 6.45) is -0.0578. The summed E-state index contributed by atoms with van der Waals surface area (Å²) in [6, 6.07) is 6.86. The van der Waals surface area contributed by atoms with E-state index in [1.807, 2.05) is 6.07 Å². The van der Waals surface area contributed by atoms with E-state index in [0.29, 0.717) is 12.0 Å². The van der Waals surface area contributed by atoms with Crippen LogP contribution in [0.2, 0.25) is 0 Å². The number of benzene rings is 1. The number of amides is 1. The Balaban J connectivity index is 2.51. The second-order valence-corrected chi connectivity index (χ2v) is 3.31. The molecule has 0 radical (unpaired) electrons. The highest BCUT2D eigenvalue weighted by molar-refractivity contribution is 9.10. The number of rotatable bonds is 3. The molecule has 14 heavy (non-hydrogen) atoms. The molecule has 74 valence electrons. The highest BCUT2D eigenvalue weighted by atomic mass is 79.9. The number of ether oxygens (including phenoxy) is 1. The number of aldehydes is 1. The molecule has 0 fully saturated rings. The minimum absolute atomic E-state index is 0.0488. The quantitative estimate of drug-likeness (QED) is 0.840. The summed E-state index contributed by atoms with van der Waals surface area (Å²) in [6.45, 7) is -0.0488. The van der Waals surface area contributed by atoms with E-state index >= 15 is 0 Å². The van der Waals surface area contributed by atoms with Crippen molar-refractivity contribution in [3.63, 3.8) is 0 Å². The number of halogens is 1. The van der Waals surface area contributed by atoms with E-state index in [-0.39, 0.29) is 6.54 Å². The fourth-order valence-corrected chi connectivity index (χ4v) is 1.18. The van der Waals surface area contributed by atoms with Crippen molar-refractivity contribution in [3.8, 4) is 5.75 Å². The van der Waals surface area contributed by atoms with E-state index in [2.05, 4.69) is 21.2 Å². The lowest BCUT2D eigenvalue weighted by atomic mass is 10.3. The normalized spacial score (nSPS) is 9.21. The van der Waals surface area contributed by atoms with Crippen LogP contribution in [0.1, 0.15) is 0 Å². The first-order valence-electron chi connectivity index (χ1n) is 3.87. The Morgan fingerprint density at radius 2 is 2.36 bits per heavy atom. The number of carbonyl (C=O) groups excluding carboxylic acids is 2. The van der Waals surface area contributed by atoms with Gasteiger partial charge in [-0.2, -0.15) is 0 Å². The molecule has 0 saturated carbocycles. The highest BCUT2D eigenvalue weighted by Crippen LogP contribution is 2.17. The molecule has 0 atom stereocenters. The summed E-state index contributed by atoms with van der Waals surface area (Å²) < 4.78 is 5.68. The van der Waals surface area contributed by atoms with Gasteiger partial charge in [-0.25, -0.2) is 4.79 Å². The first kappa shape index (κ1) is 10.7. The molecule has 0 unspecified atom stereocenters. The average molecular weight is 258 g/mol. The van der Waals surface area contributed by atoms with Crippen molar-refractivity contribution < 1.29 is 14.3 Å². The van der Waals surface area contributed by atoms with Gasteiger partial charge in [0.2, 0.25) is 0 Å². The maximum atomic E-state index is 11.0. The molecule has 0 saturated heterocycles. The van der Waals surface area contributed by atoms with Gasteiger partial charge in [-0.15, -0.1) is 0 Å². The van der Waals surface area contributed by atoms with Crippen LogP contribution in [0.3, 0.4) is 0 Å². The minimum Gasteiger partial charge on any atom is -0.410 e. The highest BCUT2D eigenvalue weighted by Gasteiger charge is 2.02. The molecule has 0 aliphatic rings. The van der Waals surface area contributed by atoms with Gasteiger partial charge in [-0.05, 0) is 18.2 Å². The molecule has 5 heteroatoms. The molecule has 0 heterocycles. The van der Waals surface area contributed by atoms with Crippen LogP contribution in [0.15, 0.2) is 28.7 Å². The van der Waals surface area contributed by atoms with Crippen LogP contribution in [-0.2, 0) is 4.79 Å². The topological polar surface area (TPSA) is 55.4 Å². The van der Waals surface area contributed by atoms with Crippen molar-refractivity contribution in [2.45, 2.75) is 0 Å². The minimum atomic E-state index is -0.643. The van der Waals surface area contributed by atoms with Crippen LogP contribution in [0, 0.1) is 0 Å². The van der Waals surface area contributed by atoms with Crippen LogP contribution in [-0.4, -0.2) is 18.9 Å². The van der Waals surface area contributed by atoms with Gasteiger partial charge in [-0.1, -0.05) is 22.0 Å². The molecule has 4 nitrogen and oxygen atoms in total. The van der Waals surface area contributed by atoms with Gasteiger partial charge < -0.3 is 14.8 Å². The SMILES string of the molecule is O=CCNC(=O)Oc1cccc(Br)c1. The molecule has 0 aliphatic heterocycles. The average Bonchev–Trinajstić information content (AvgIpc) is 2.15. The smallest absolute Gasteiger partial charge is 0.410 e. The van der Waals surface area contributed by atoms with Crippen LogP contribution in [0.5, 0.6) is 5.75 Å². The Labute approximate surface area is 89.4 Å². The van der Waals surface area contributed by atoms with Crippen LogP contribution < -0.4 is 10.1 Å². The molecule has 0 aliphatic carbocycles. The first-order chi connectivity index (χ1) is 6.72. The van der Waals surface area contributed by atoms with Gasteiger partial charge in [-0.3, -0.25) is 0 Å². The van der Waals surface area contributed by atoms with Crippen LogP contribution >= 0.6 is 15.9 Å². The van der Waals surface area contributed by atoms with E-state index in [0.717, 1.165) is 4.47 Å². The molecular formula is C9H8BrNO3. The first-order valence-corrected chi connectivity index (χ1v) is 4.66. The molecule has 0 spiro atoms. The van der Waals surface area contributed by atoms with Crippen LogP contribution in [0.25, 0.3) is 0 Å². The summed E-state index contributed by atoms with van der Waals surface area (Å²) >= 11 is 3.24. The summed E-state index contributed by atoms with van der Waals surface area (Å²) in [7, 11) is 0. The van der Waals surface area contributed by atoms with Crippen molar-refractivity contribution in [3.05, 3.63) is 28.7 Å². The zero-order valence-electron chi connectivity index (χ0n) is 7.20. The number of hydrogen-bond donors (Lipinski definition) is 1. The monoisotopic (exact) mass is 257 g/mol. The van der Waals surface area contributed by atoms with Gasteiger partial charge in [0.15, 0.2) is 0 Å². The molecule has 0 aromatic heterocycles. The molecular weight excluding hydrogens is 250 g/mol. The van der Waals surface area contributed by atoms with Crippen molar-refractivity contribution in [2.75, 3.05) is 6.54 Å². The zero-order valence-corrected chi connectivity index (χ0v) is 8.78. The molecule has 0 bridgehead atoms. The largest absolute Gasteiger partial charge is 0.412 e. The standard InChI is InChI=1S/C9H8BrNO3/c10-7-2-1-3-8(6-7)14-9(13)11-4-5-12/h1-3,5-6H,4H2,(H,11,13). The fourth-order valence-electron chi connectivity index (χ4n) is 0.799. The van der Waals surface area contributed by atoms with Gasteiger partial charge in [0.25, 0.3) is 0 Å². The maximum Gasteiger partial charge on any atom is 0.412 e. The Morgan fingerprint density at radius 3 is 3.00 bits per heavy atom. The predicted octanol–water partition coefficient (Wildman–Crippen LogP) is 1.74. The van der Waals surface area contributed by atoms with Crippen molar-refractivity contribution in [1.82, 2.24) is 5.32 Å². The summed E-state index contributed by atoms with van der Waals surface area (Å²) in [5.41, 5.74) is 0. The second-order valence-electron chi connectivity index (χ2n) is 2.39. The lowest BCUT2D eigenvalue weighted by molar-refractivity contribution is -0.107. The van der Waals surface area contributed by atoms with Gasteiger partial charge in [0, 0.05) is 4.47 Å². The molecule has 1 aromatic carbocycles. The fraction of sp³-hybridized carbons (Fsp3) is 0.111. The van der Waals surface area contributed by atoms with E-state index in [9.17, 15) is 9.59 Å². The number of hydrogen-bond acceptors (Lipinski definition) is 3. The second kappa shape index (κ2) is 5.39. The predicted molar refractivity (Wildman–Crippen MR) is 54.2 cm³/mol. The third-order valence-corrected chi connectivity index (χ3v) is 1.83. The third kappa shape index (κ3) is 3.57. The Bertz CT molecular complexity index is 341. The van der Waals surface area contributed by atoms with E-state index in [4.69, 9.17) is 4.74 Å². The maximum absolute atomic E-state index is 11.0. The van der Waals surface area contributed by atoms with E-state index in [1.165, 1.54) is 0 Å². The summed E-state index contributed by atoms with van der Waals surface area (Å²) in [5.74, 6) is 0.419. The van der Waals surface area contributed by atoms with E-state index < -0.39 is 6.09 Å². The zero-order chi connectivity index (χ0) is 10.4. The van der Waals surface area contributed by atoms with Crippen molar-refractivity contribution in [1.29, 1.82) is 0 Å². The van der Waals surface area contributed by atoms with Crippen molar-refractivity contribution >= 4 is 28.3 Å². The molecule has 1 N–H and O–H groups in total. The Morgan fingerprint density at radius 1 is 1.57 bits per heavy atom. The van der Waals surface area contributed by atoms with Gasteiger partial charge in [0.05, 0.1) is 6.54 Å². The molecule has 1 aromatic rings. The lowest BCUT2D eigenvalue weighted by Gasteiger charge is -2.03. The Kier molecular flexibility index (Phi) is 4.12. The van der Waals surface area contributed by atoms with Gasteiger partial charge >= 0.3 is 6.09 Å².